The molecule has 1 N–H and O–H groups in total. The summed E-state index contributed by atoms with van der Waals surface area (Å²) in [6.45, 7) is 5.51. The van der Waals surface area contributed by atoms with Crippen molar-refractivity contribution >= 4 is 17.5 Å². The van der Waals surface area contributed by atoms with Gasteiger partial charge in [0.1, 0.15) is 18.2 Å². The first-order valence-electron chi connectivity index (χ1n) is 8.64. The molecule has 1 aromatic heterocycles. The van der Waals surface area contributed by atoms with E-state index in [1.165, 1.54) is 9.80 Å². The van der Waals surface area contributed by atoms with Gasteiger partial charge in [-0.25, -0.2) is 0 Å². The molecule has 2 amide bonds. The summed E-state index contributed by atoms with van der Waals surface area (Å²) in [5, 5.41) is 9.28. The van der Waals surface area contributed by atoms with Gasteiger partial charge in [0.15, 0.2) is 0 Å². The van der Waals surface area contributed by atoms with Gasteiger partial charge in [0.05, 0.1) is 11.3 Å². The van der Waals surface area contributed by atoms with E-state index in [4.69, 9.17) is 0 Å². The molecule has 1 aliphatic rings. The van der Waals surface area contributed by atoms with Gasteiger partial charge >= 0.3 is 0 Å². The van der Waals surface area contributed by atoms with Crippen LogP contribution in [0.4, 0.5) is 5.69 Å². The second kappa shape index (κ2) is 7.08. The first kappa shape index (κ1) is 18.4. The number of hydrogen-bond donors (Lipinski definition) is 1. The number of pyridine rings is 1. The van der Waals surface area contributed by atoms with Gasteiger partial charge in [0, 0.05) is 18.3 Å². The largest absolute Gasteiger partial charge is 0.326 e. The lowest BCUT2D eigenvalue weighted by Crippen LogP contribution is -2.57. The standard InChI is InChI=1S/C20H20N4O3/c1-12-8-16(19(26)22-14(12)3)20(27)23-11-18(25)24(10-13(23)2)17-7-5-4-6-15(17)9-21/h4-8,13H,10-11H2,1-3H3,(H,22,26)/t13-/m1/s1. The minimum Gasteiger partial charge on any atom is -0.326 e. The molecule has 0 unspecified atom stereocenters. The van der Waals surface area contributed by atoms with Crippen LogP contribution in [0.25, 0.3) is 0 Å². The molecule has 27 heavy (non-hydrogen) atoms. The van der Waals surface area contributed by atoms with Crippen LogP contribution in [0.15, 0.2) is 35.1 Å². The smallest absolute Gasteiger partial charge is 0.261 e. The minimum absolute atomic E-state index is 0.0311. The van der Waals surface area contributed by atoms with Crippen LogP contribution in [0.3, 0.4) is 0 Å². The van der Waals surface area contributed by atoms with Crippen molar-refractivity contribution in [3.8, 4) is 6.07 Å². The lowest BCUT2D eigenvalue weighted by Gasteiger charge is -2.39. The molecular formula is C20H20N4O3. The number of aromatic nitrogens is 1. The molecule has 1 fully saturated rings. The molecule has 0 saturated carbocycles. The highest BCUT2D eigenvalue weighted by molar-refractivity contribution is 6.02. The summed E-state index contributed by atoms with van der Waals surface area (Å²) >= 11 is 0. The van der Waals surface area contributed by atoms with Crippen LogP contribution in [0.1, 0.15) is 34.1 Å². The normalized spacial score (nSPS) is 17.0. The van der Waals surface area contributed by atoms with Gasteiger partial charge in [-0.1, -0.05) is 12.1 Å². The van der Waals surface area contributed by atoms with Crippen molar-refractivity contribution in [3.63, 3.8) is 0 Å². The predicted octanol–water partition coefficient (Wildman–Crippen LogP) is 1.74. The summed E-state index contributed by atoms with van der Waals surface area (Å²) < 4.78 is 0. The first-order valence-corrected chi connectivity index (χ1v) is 8.64. The van der Waals surface area contributed by atoms with Gasteiger partial charge in [-0.3, -0.25) is 14.4 Å². The molecule has 0 bridgehead atoms. The van der Waals surface area contributed by atoms with Crippen molar-refractivity contribution in [2.45, 2.75) is 26.8 Å². The van der Waals surface area contributed by atoms with Crippen molar-refractivity contribution in [2.24, 2.45) is 0 Å². The molecule has 7 nitrogen and oxygen atoms in total. The first-order chi connectivity index (χ1) is 12.8. The molecule has 2 heterocycles. The third-order valence-electron chi connectivity index (χ3n) is 4.89. The highest BCUT2D eigenvalue weighted by atomic mass is 16.2. The number of amides is 2. The Morgan fingerprint density at radius 1 is 1.26 bits per heavy atom. The zero-order valence-electron chi connectivity index (χ0n) is 15.4. The van der Waals surface area contributed by atoms with E-state index in [2.05, 4.69) is 11.1 Å². The van der Waals surface area contributed by atoms with Gasteiger partial charge in [-0.05, 0) is 44.5 Å². The van der Waals surface area contributed by atoms with Crippen LogP contribution in [0.5, 0.6) is 0 Å². The van der Waals surface area contributed by atoms with Crippen LogP contribution in [0, 0.1) is 25.2 Å². The molecule has 138 valence electrons. The molecule has 0 radical (unpaired) electrons. The fraction of sp³-hybridized carbons (Fsp3) is 0.300. The molecular weight excluding hydrogens is 344 g/mol. The van der Waals surface area contributed by atoms with Gasteiger partial charge < -0.3 is 14.8 Å². The van der Waals surface area contributed by atoms with Gasteiger partial charge in [0.2, 0.25) is 5.91 Å². The molecule has 0 spiro atoms. The zero-order chi connectivity index (χ0) is 19.7. The molecule has 1 atom stereocenters. The Kier molecular flexibility index (Phi) is 4.82. The highest BCUT2D eigenvalue weighted by Crippen LogP contribution is 2.24. The molecule has 0 aliphatic carbocycles. The van der Waals surface area contributed by atoms with Crippen LogP contribution >= 0.6 is 0 Å². The van der Waals surface area contributed by atoms with E-state index in [0.29, 0.717) is 16.9 Å². The fourth-order valence-electron chi connectivity index (χ4n) is 3.20. The lowest BCUT2D eigenvalue weighted by molar-refractivity contribution is -0.121. The summed E-state index contributed by atoms with van der Waals surface area (Å²) in [6, 6.07) is 10.2. The quantitative estimate of drug-likeness (QED) is 0.878. The molecule has 3 rings (SSSR count). The number of benzene rings is 1. The Bertz CT molecular complexity index is 1020. The lowest BCUT2D eigenvalue weighted by atomic mass is 10.1. The van der Waals surface area contributed by atoms with Crippen LogP contribution in [0.2, 0.25) is 0 Å². The number of H-pyrrole nitrogens is 1. The Labute approximate surface area is 156 Å². The van der Waals surface area contributed by atoms with Crippen LogP contribution in [-0.4, -0.2) is 40.8 Å². The second-order valence-electron chi connectivity index (χ2n) is 6.74. The predicted molar refractivity (Wildman–Crippen MR) is 101 cm³/mol. The summed E-state index contributed by atoms with van der Waals surface area (Å²) in [6.07, 6.45) is 0. The van der Waals surface area contributed by atoms with E-state index in [9.17, 15) is 19.6 Å². The molecule has 7 heteroatoms. The number of aromatic amines is 1. The maximum atomic E-state index is 12.9. The number of hydrogen-bond acceptors (Lipinski definition) is 4. The maximum Gasteiger partial charge on any atom is 0.261 e. The number of anilines is 1. The number of rotatable bonds is 2. The van der Waals surface area contributed by atoms with E-state index < -0.39 is 11.5 Å². The number of carbonyl (C=O) groups excluding carboxylic acids is 2. The molecule has 2 aromatic rings. The third-order valence-corrected chi connectivity index (χ3v) is 4.89. The average Bonchev–Trinajstić information content (AvgIpc) is 2.65. The minimum atomic E-state index is -0.464. The van der Waals surface area contributed by atoms with Crippen LogP contribution in [-0.2, 0) is 4.79 Å². The van der Waals surface area contributed by atoms with Gasteiger partial charge in [-0.15, -0.1) is 0 Å². The fourth-order valence-corrected chi connectivity index (χ4v) is 3.20. The topological polar surface area (TPSA) is 97.3 Å². The summed E-state index contributed by atoms with van der Waals surface area (Å²) in [7, 11) is 0. The van der Waals surface area contributed by atoms with E-state index in [1.54, 1.807) is 37.3 Å². The number of piperazine rings is 1. The number of nitrogens with one attached hydrogen (secondary N) is 1. The third kappa shape index (κ3) is 3.34. The maximum absolute atomic E-state index is 12.9. The van der Waals surface area contributed by atoms with Crippen LogP contribution < -0.4 is 10.5 Å². The van der Waals surface area contributed by atoms with Gasteiger partial charge in [-0.2, -0.15) is 5.26 Å². The highest BCUT2D eigenvalue weighted by Gasteiger charge is 2.35. The molecule has 1 aromatic carbocycles. The summed E-state index contributed by atoms with van der Waals surface area (Å²) in [5.41, 5.74) is 2.03. The number of aryl methyl sites for hydroxylation is 2. The Balaban J connectivity index is 1.89. The SMILES string of the molecule is Cc1cc(C(=O)N2CC(=O)N(c3ccccc3C#N)C[C@H]2C)c(=O)[nH]c1C. The molecule has 1 saturated heterocycles. The van der Waals surface area contributed by atoms with Crippen molar-refractivity contribution in [1.29, 1.82) is 5.26 Å². The average molecular weight is 364 g/mol. The van der Waals surface area contributed by atoms with Crippen molar-refractivity contribution in [2.75, 3.05) is 18.0 Å². The van der Waals surface area contributed by atoms with E-state index in [1.807, 2.05) is 13.8 Å². The Hall–Kier alpha value is -3.40. The summed E-state index contributed by atoms with van der Waals surface area (Å²) in [4.78, 5) is 43.4. The Morgan fingerprint density at radius 3 is 2.67 bits per heavy atom. The number of carbonyl (C=O) groups is 2. The van der Waals surface area contributed by atoms with E-state index in [0.717, 1.165) is 5.56 Å². The number of nitriles is 1. The molecule has 1 aliphatic heterocycles. The van der Waals surface area contributed by atoms with Crippen molar-refractivity contribution in [1.82, 2.24) is 9.88 Å². The van der Waals surface area contributed by atoms with E-state index in [-0.39, 0.29) is 30.6 Å². The Morgan fingerprint density at radius 2 is 1.96 bits per heavy atom. The number of nitrogens with zero attached hydrogens (tertiary/aromatic N) is 3. The summed E-state index contributed by atoms with van der Waals surface area (Å²) in [5.74, 6) is -0.752. The van der Waals surface area contributed by atoms with Crippen molar-refractivity contribution < 1.29 is 9.59 Å². The van der Waals surface area contributed by atoms with Gasteiger partial charge in [0.25, 0.3) is 11.5 Å². The second-order valence-corrected chi connectivity index (χ2v) is 6.74. The number of para-hydroxylation sites is 1. The van der Waals surface area contributed by atoms with Crippen molar-refractivity contribution in [3.05, 3.63) is 63.1 Å². The van der Waals surface area contributed by atoms with E-state index >= 15 is 0 Å². The zero-order valence-corrected chi connectivity index (χ0v) is 15.4. The monoisotopic (exact) mass is 364 g/mol.